The maximum absolute atomic E-state index is 13.1. The van der Waals surface area contributed by atoms with Crippen molar-refractivity contribution in [2.75, 3.05) is 5.32 Å². The molecule has 152 valence electrons. The standard InChI is InChI=1S/C24H27ClN2O2/c1-5-8-21-23(24(29)15(2)3)19-12-11-18(26-16(4)28)13-22(19)27(21)14-17-9-6-7-10-20(17)25/h6-7,9-13,15H,5,8,14H2,1-4H3,(H,26,28). The Morgan fingerprint density at radius 1 is 1.14 bits per heavy atom. The predicted octanol–water partition coefficient (Wildman–Crippen LogP) is 6.09. The second kappa shape index (κ2) is 8.83. The number of amides is 1. The van der Waals surface area contributed by atoms with E-state index in [1.165, 1.54) is 6.92 Å². The summed E-state index contributed by atoms with van der Waals surface area (Å²) in [4.78, 5) is 24.7. The molecule has 2 aromatic carbocycles. The van der Waals surface area contributed by atoms with Gasteiger partial charge in [0, 0.05) is 46.7 Å². The van der Waals surface area contributed by atoms with Crippen molar-refractivity contribution in [1.82, 2.24) is 4.57 Å². The molecule has 1 amide bonds. The van der Waals surface area contributed by atoms with Gasteiger partial charge in [0.25, 0.3) is 0 Å². The lowest BCUT2D eigenvalue weighted by atomic mass is 9.96. The number of benzene rings is 2. The van der Waals surface area contributed by atoms with E-state index < -0.39 is 0 Å². The fraction of sp³-hybridized carbons (Fsp3) is 0.333. The van der Waals surface area contributed by atoms with Crippen molar-refractivity contribution in [3.05, 3.63) is 64.3 Å². The molecule has 0 radical (unpaired) electrons. The molecule has 4 nitrogen and oxygen atoms in total. The van der Waals surface area contributed by atoms with Crippen LogP contribution in [0.3, 0.4) is 0 Å². The van der Waals surface area contributed by atoms with Crippen molar-refractivity contribution in [3.63, 3.8) is 0 Å². The first-order valence-corrected chi connectivity index (χ1v) is 10.4. The third-order valence-corrected chi connectivity index (χ3v) is 5.41. The fourth-order valence-electron chi connectivity index (χ4n) is 3.72. The molecule has 0 bridgehead atoms. The van der Waals surface area contributed by atoms with E-state index in [0.717, 1.165) is 46.3 Å². The molecule has 1 N–H and O–H groups in total. The third kappa shape index (κ3) is 4.38. The van der Waals surface area contributed by atoms with Gasteiger partial charge in [-0.05, 0) is 30.2 Å². The van der Waals surface area contributed by atoms with Crippen LogP contribution in [-0.2, 0) is 17.8 Å². The average molecular weight is 411 g/mol. The van der Waals surface area contributed by atoms with Gasteiger partial charge in [0.15, 0.2) is 5.78 Å². The Hall–Kier alpha value is -2.59. The van der Waals surface area contributed by atoms with Crippen molar-refractivity contribution in [1.29, 1.82) is 0 Å². The van der Waals surface area contributed by atoms with Crippen LogP contribution in [0.1, 0.15) is 55.7 Å². The molecule has 0 atom stereocenters. The van der Waals surface area contributed by atoms with Crippen molar-refractivity contribution in [3.8, 4) is 0 Å². The molecule has 3 rings (SSSR count). The zero-order chi connectivity index (χ0) is 21.1. The number of nitrogens with zero attached hydrogens (tertiary/aromatic N) is 1. The topological polar surface area (TPSA) is 51.1 Å². The van der Waals surface area contributed by atoms with Crippen LogP contribution in [0.4, 0.5) is 5.69 Å². The lowest BCUT2D eigenvalue weighted by Gasteiger charge is -2.14. The number of fused-ring (bicyclic) bond motifs is 1. The summed E-state index contributed by atoms with van der Waals surface area (Å²) in [6, 6.07) is 13.5. The number of halogens is 1. The molecule has 0 unspecified atom stereocenters. The number of nitrogens with one attached hydrogen (secondary N) is 1. The first-order valence-electron chi connectivity index (χ1n) is 10.0. The molecule has 0 aliphatic heterocycles. The lowest BCUT2D eigenvalue weighted by Crippen LogP contribution is -2.12. The van der Waals surface area contributed by atoms with Crippen LogP contribution < -0.4 is 5.32 Å². The number of hydrogen-bond donors (Lipinski definition) is 1. The van der Waals surface area contributed by atoms with Crippen molar-refractivity contribution in [2.45, 2.75) is 47.1 Å². The van der Waals surface area contributed by atoms with Crippen LogP contribution >= 0.6 is 11.6 Å². The van der Waals surface area contributed by atoms with Gasteiger partial charge in [-0.2, -0.15) is 0 Å². The van der Waals surface area contributed by atoms with E-state index in [1.807, 2.05) is 56.3 Å². The summed E-state index contributed by atoms with van der Waals surface area (Å²) >= 11 is 6.44. The maximum atomic E-state index is 13.1. The Kier molecular flexibility index (Phi) is 6.43. The van der Waals surface area contributed by atoms with Crippen LogP contribution in [0.5, 0.6) is 0 Å². The van der Waals surface area contributed by atoms with E-state index in [4.69, 9.17) is 11.6 Å². The fourth-order valence-corrected chi connectivity index (χ4v) is 3.92. The summed E-state index contributed by atoms with van der Waals surface area (Å²) in [5.41, 5.74) is 4.47. The van der Waals surface area contributed by atoms with Gasteiger partial charge >= 0.3 is 0 Å². The van der Waals surface area contributed by atoms with E-state index in [0.29, 0.717) is 11.6 Å². The number of Topliss-reactive ketones (excluding diaryl/α,β-unsaturated/α-hetero) is 1. The first kappa shape index (κ1) is 21.1. The molecule has 0 saturated carbocycles. The number of ketones is 1. The summed E-state index contributed by atoms with van der Waals surface area (Å²) in [6.07, 6.45) is 1.72. The van der Waals surface area contributed by atoms with E-state index in [9.17, 15) is 9.59 Å². The Morgan fingerprint density at radius 3 is 2.48 bits per heavy atom. The Balaban J connectivity index is 2.29. The summed E-state index contributed by atoms with van der Waals surface area (Å²) in [5, 5.41) is 4.47. The Labute approximate surface area is 176 Å². The third-order valence-electron chi connectivity index (χ3n) is 5.04. The quantitative estimate of drug-likeness (QED) is 0.479. The molecular formula is C24H27ClN2O2. The number of aromatic nitrogens is 1. The lowest BCUT2D eigenvalue weighted by molar-refractivity contribution is -0.114. The summed E-state index contributed by atoms with van der Waals surface area (Å²) in [6.45, 7) is 8.04. The van der Waals surface area contributed by atoms with E-state index in [1.54, 1.807) is 0 Å². The molecule has 0 fully saturated rings. The molecule has 1 heterocycles. The Bertz CT molecular complexity index is 1070. The van der Waals surface area contributed by atoms with Gasteiger partial charge in [-0.25, -0.2) is 0 Å². The van der Waals surface area contributed by atoms with E-state index >= 15 is 0 Å². The largest absolute Gasteiger partial charge is 0.339 e. The second-order valence-electron chi connectivity index (χ2n) is 7.68. The summed E-state index contributed by atoms with van der Waals surface area (Å²) in [5.74, 6) is -0.0792. The summed E-state index contributed by atoms with van der Waals surface area (Å²) < 4.78 is 2.18. The molecule has 5 heteroatoms. The van der Waals surface area contributed by atoms with Gasteiger partial charge in [0.05, 0.1) is 5.52 Å². The first-order chi connectivity index (χ1) is 13.8. The highest BCUT2D eigenvalue weighted by molar-refractivity contribution is 6.31. The number of rotatable bonds is 7. The zero-order valence-corrected chi connectivity index (χ0v) is 18.1. The highest BCUT2D eigenvalue weighted by Crippen LogP contribution is 2.33. The Morgan fingerprint density at radius 2 is 1.86 bits per heavy atom. The molecule has 0 spiro atoms. The van der Waals surface area contributed by atoms with Gasteiger partial charge in [-0.1, -0.05) is 63.1 Å². The monoisotopic (exact) mass is 410 g/mol. The molecule has 1 aromatic heterocycles. The average Bonchev–Trinajstić information content (AvgIpc) is 2.95. The highest BCUT2D eigenvalue weighted by Gasteiger charge is 2.24. The minimum absolute atomic E-state index is 0.0972. The number of hydrogen-bond acceptors (Lipinski definition) is 2. The van der Waals surface area contributed by atoms with E-state index in [2.05, 4.69) is 16.8 Å². The van der Waals surface area contributed by atoms with Gasteiger partial charge < -0.3 is 9.88 Å². The van der Waals surface area contributed by atoms with E-state index in [-0.39, 0.29) is 17.6 Å². The molecule has 3 aromatic rings. The second-order valence-corrected chi connectivity index (χ2v) is 8.09. The van der Waals surface area contributed by atoms with Crippen LogP contribution in [0.25, 0.3) is 10.9 Å². The van der Waals surface area contributed by atoms with Crippen LogP contribution in [0.15, 0.2) is 42.5 Å². The number of carbonyl (C=O) groups is 2. The normalized spacial score (nSPS) is 11.2. The van der Waals surface area contributed by atoms with Gasteiger partial charge in [0.2, 0.25) is 5.91 Å². The van der Waals surface area contributed by atoms with Gasteiger partial charge in [0.1, 0.15) is 0 Å². The minimum atomic E-state index is -0.124. The smallest absolute Gasteiger partial charge is 0.221 e. The molecular weight excluding hydrogens is 384 g/mol. The zero-order valence-electron chi connectivity index (χ0n) is 17.4. The van der Waals surface area contributed by atoms with Crippen LogP contribution in [-0.4, -0.2) is 16.3 Å². The highest BCUT2D eigenvalue weighted by atomic mass is 35.5. The molecule has 29 heavy (non-hydrogen) atoms. The number of anilines is 1. The predicted molar refractivity (Wildman–Crippen MR) is 120 cm³/mol. The van der Waals surface area contributed by atoms with Crippen LogP contribution in [0, 0.1) is 5.92 Å². The summed E-state index contributed by atoms with van der Waals surface area (Å²) in [7, 11) is 0. The molecule has 0 aliphatic carbocycles. The molecule has 0 aliphatic rings. The van der Waals surface area contributed by atoms with Crippen LogP contribution in [0.2, 0.25) is 5.02 Å². The van der Waals surface area contributed by atoms with Gasteiger partial charge in [-0.15, -0.1) is 0 Å². The SMILES string of the molecule is CCCc1c(C(=O)C(C)C)c2ccc(NC(C)=O)cc2n1Cc1ccccc1Cl. The number of carbonyl (C=O) groups excluding carboxylic acids is 2. The minimum Gasteiger partial charge on any atom is -0.339 e. The molecule has 0 saturated heterocycles. The van der Waals surface area contributed by atoms with Crippen molar-refractivity contribution in [2.24, 2.45) is 5.92 Å². The van der Waals surface area contributed by atoms with Crippen molar-refractivity contribution < 1.29 is 9.59 Å². The maximum Gasteiger partial charge on any atom is 0.221 e. The van der Waals surface area contributed by atoms with Crippen molar-refractivity contribution >= 4 is 39.9 Å². The van der Waals surface area contributed by atoms with Gasteiger partial charge in [-0.3, -0.25) is 9.59 Å².